The zero-order valence-corrected chi connectivity index (χ0v) is 12.1. The molecule has 2 rings (SSSR count). The van der Waals surface area contributed by atoms with Crippen LogP contribution in [0.4, 0.5) is 9.80 Å². The molecule has 0 radical (unpaired) electrons. The van der Waals surface area contributed by atoms with E-state index in [-0.39, 0.29) is 11.6 Å². The molecule has 0 aromatic carbocycles. The molecule has 1 aromatic rings. The highest BCUT2D eigenvalue weighted by Gasteiger charge is 2.27. The Morgan fingerprint density at radius 1 is 1.40 bits per heavy atom. The van der Waals surface area contributed by atoms with Crippen molar-refractivity contribution in [3.8, 4) is 0 Å². The lowest BCUT2D eigenvalue weighted by Crippen LogP contribution is -2.36. The summed E-state index contributed by atoms with van der Waals surface area (Å²) in [5, 5.41) is 23.6. The maximum absolute atomic E-state index is 12.2. The van der Waals surface area contributed by atoms with Gasteiger partial charge in [-0.1, -0.05) is 0 Å². The summed E-state index contributed by atoms with van der Waals surface area (Å²) in [5.74, 6) is -1.06. The second kappa shape index (κ2) is 5.80. The van der Waals surface area contributed by atoms with Gasteiger partial charge in [0.25, 0.3) is 0 Å². The molecule has 1 aliphatic heterocycles. The molecule has 2 heterocycles. The number of urea groups is 1. The number of rotatable bonds is 2. The molecule has 0 spiro atoms. The molecule has 20 heavy (non-hydrogen) atoms. The quantitative estimate of drug-likeness (QED) is 0.781. The van der Waals surface area contributed by atoms with Crippen LogP contribution in [0.25, 0.3) is 0 Å². The Kier molecular flexibility index (Phi) is 4.29. The van der Waals surface area contributed by atoms with E-state index in [9.17, 15) is 14.7 Å². The first-order valence-electron chi connectivity index (χ1n) is 6.48. The number of hydrogen-bond acceptors (Lipinski definition) is 4. The summed E-state index contributed by atoms with van der Waals surface area (Å²) in [6, 6.07) is 1.16. The van der Waals surface area contributed by atoms with Gasteiger partial charge in [-0.05, 0) is 37.6 Å². The number of nitrogens with zero attached hydrogens (tertiary/aromatic N) is 1. The molecule has 7 heteroatoms. The Labute approximate surface area is 121 Å². The van der Waals surface area contributed by atoms with Crippen molar-refractivity contribution in [3.05, 3.63) is 17.0 Å². The molecular formula is C13H18N2O4S. The number of aliphatic hydroxyl groups is 1. The van der Waals surface area contributed by atoms with Gasteiger partial charge in [0.15, 0.2) is 0 Å². The third kappa shape index (κ3) is 3.49. The molecule has 1 aromatic heterocycles. The van der Waals surface area contributed by atoms with E-state index in [0.717, 1.165) is 6.42 Å². The van der Waals surface area contributed by atoms with E-state index in [1.807, 2.05) is 0 Å². The highest BCUT2D eigenvalue weighted by Crippen LogP contribution is 2.25. The fraction of sp³-hybridized carbons (Fsp3) is 0.538. The predicted molar refractivity (Wildman–Crippen MR) is 76.3 cm³/mol. The van der Waals surface area contributed by atoms with Crippen molar-refractivity contribution >= 4 is 28.3 Å². The van der Waals surface area contributed by atoms with Gasteiger partial charge in [0.1, 0.15) is 5.00 Å². The van der Waals surface area contributed by atoms with Crippen molar-refractivity contribution in [2.45, 2.75) is 31.8 Å². The van der Waals surface area contributed by atoms with Crippen LogP contribution in [0.15, 0.2) is 11.4 Å². The Hall–Kier alpha value is -1.60. The largest absolute Gasteiger partial charge is 0.478 e. The molecule has 1 fully saturated rings. The Morgan fingerprint density at radius 3 is 2.85 bits per heavy atom. The van der Waals surface area contributed by atoms with Crippen LogP contribution >= 0.6 is 11.3 Å². The van der Waals surface area contributed by atoms with Gasteiger partial charge in [0.2, 0.25) is 0 Å². The van der Waals surface area contributed by atoms with Gasteiger partial charge >= 0.3 is 12.0 Å². The van der Waals surface area contributed by atoms with Gasteiger partial charge in [-0.15, -0.1) is 11.3 Å². The highest BCUT2D eigenvalue weighted by atomic mass is 32.1. The first kappa shape index (κ1) is 14.8. The number of thiophene rings is 1. The van der Waals surface area contributed by atoms with Gasteiger partial charge in [0.05, 0.1) is 11.2 Å². The molecular weight excluding hydrogens is 280 g/mol. The van der Waals surface area contributed by atoms with Gasteiger partial charge in [-0.3, -0.25) is 5.32 Å². The van der Waals surface area contributed by atoms with Crippen LogP contribution in [0.5, 0.6) is 0 Å². The minimum atomic E-state index is -1.06. The van der Waals surface area contributed by atoms with Gasteiger partial charge in [-0.2, -0.15) is 0 Å². The number of carboxylic acid groups (broad SMARTS) is 1. The van der Waals surface area contributed by atoms with E-state index in [2.05, 4.69) is 5.32 Å². The predicted octanol–water partition coefficient (Wildman–Crippen LogP) is 2.22. The van der Waals surface area contributed by atoms with Gasteiger partial charge in [0, 0.05) is 13.1 Å². The maximum atomic E-state index is 12.2. The van der Waals surface area contributed by atoms with E-state index in [1.165, 1.54) is 17.4 Å². The second-order valence-corrected chi connectivity index (χ2v) is 6.15. The van der Waals surface area contributed by atoms with E-state index < -0.39 is 11.6 Å². The summed E-state index contributed by atoms with van der Waals surface area (Å²) in [6.07, 6.45) is 1.92. The SMILES string of the molecule is CC1(O)CCCN(C(=O)Nc2sccc2C(=O)O)CC1. The van der Waals surface area contributed by atoms with E-state index in [4.69, 9.17) is 5.11 Å². The standard InChI is InChI=1S/C13H18N2O4S/c1-13(19)4-2-6-15(7-5-13)12(18)14-10-9(11(16)17)3-8-20-10/h3,8,19H,2,4-7H2,1H3,(H,14,18)(H,16,17). The number of likely N-dealkylation sites (tertiary alicyclic amines) is 1. The monoisotopic (exact) mass is 298 g/mol. The van der Waals surface area contributed by atoms with Gasteiger partial charge in [-0.25, -0.2) is 9.59 Å². The van der Waals surface area contributed by atoms with Crippen molar-refractivity contribution in [2.24, 2.45) is 0 Å². The van der Waals surface area contributed by atoms with Crippen molar-refractivity contribution in [2.75, 3.05) is 18.4 Å². The molecule has 1 unspecified atom stereocenters. The van der Waals surface area contributed by atoms with Gasteiger partial charge < -0.3 is 15.1 Å². The topological polar surface area (TPSA) is 89.9 Å². The first-order chi connectivity index (χ1) is 9.39. The number of amides is 2. The molecule has 0 aliphatic carbocycles. The van der Waals surface area contributed by atoms with Crippen LogP contribution in [0, 0.1) is 0 Å². The van der Waals surface area contributed by atoms with Crippen LogP contribution in [0.3, 0.4) is 0 Å². The maximum Gasteiger partial charge on any atom is 0.338 e. The molecule has 1 saturated heterocycles. The number of aromatic carboxylic acids is 1. The normalized spacial score (nSPS) is 23.2. The lowest BCUT2D eigenvalue weighted by atomic mass is 9.98. The zero-order valence-electron chi connectivity index (χ0n) is 11.3. The van der Waals surface area contributed by atoms with Crippen molar-refractivity contribution in [1.29, 1.82) is 0 Å². The third-order valence-electron chi connectivity index (χ3n) is 3.47. The van der Waals surface area contributed by atoms with Crippen LogP contribution in [-0.4, -0.2) is 45.8 Å². The summed E-state index contributed by atoms with van der Waals surface area (Å²) < 4.78 is 0. The lowest BCUT2D eigenvalue weighted by molar-refractivity contribution is 0.0458. The molecule has 3 N–H and O–H groups in total. The molecule has 0 saturated carbocycles. The number of anilines is 1. The minimum Gasteiger partial charge on any atom is -0.478 e. The third-order valence-corrected chi connectivity index (χ3v) is 4.30. The van der Waals surface area contributed by atoms with Crippen molar-refractivity contribution in [3.63, 3.8) is 0 Å². The molecule has 0 bridgehead atoms. The summed E-state index contributed by atoms with van der Waals surface area (Å²) in [6.45, 7) is 2.80. The van der Waals surface area contributed by atoms with Crippen LogP contribution in [-0.2, 0) is 0 Å². The number of carboxylic acids is 1. The molecule has 2 amide bonds. The zero-order chi connectivity index (χ0) is 14.8. The number of hydrogen-bond donors (Lipinski definition) is 3. The van der Waals surface area contributed by atoms with Crippen LogP contribution in [0.2, 0.25) is 0 Å². The summed E-state index contributed by atoms with van der Waals surface area (Å²) in [7, 11) is 0. The average Bonchev–Trinajstić information content (AvgIpc) is 2.73. The second-order valence-electron chi connectivity index (χ2n) is 5.24. The minimum absolute atomic E-state index is 0.102. The van der Waals surface area contributed by atoms with Crippen LogP contribution in [0.1, 0.15) is 36.5 Å². The number of carbonyl (C=O) groups is 2. The van der Waals surface area contributed by atoms with Crippen molar-refractivity contribution in [1.82, 2.24) is 4.90 Å². The van der Waals surface area contributed by atoms with E-state index in [0.29, 0.717) is 30.9 Å². The fourth-order valence-corrected chi connectivity index (χ4v) is 2.99. The molecule has 6 nitrogen and oxygen atoms in total. The number of nitrogens with one attached hydrogen (secondary N) is 1. The Balaban J connectivity index is 2.01. The Morgan fingerprint density at radius 2 is 2.15 bits per heavy atom. The molecule has 1 atom stereocenters. The number of carbonyl (C=O) groups excluding carboxylic acids is 1. The Bertz CT molecular complexity index is 512. The fourth-order valence-electron chi connectivity index (χ4n) is 2.22. The summed E-state index contributed by atoms with van der Waals surface area (Å²) >= 11 is 1.19. The first-order valence-corrected chi connectivity index (χ1v) is 7.36. The summed E-state index contributed by atoms with van der Waals surface area (Å²) in [4.78, 5) is 24.8. The molecule has 1 aliphatic rings. The van der Waals surface area contributed by atoms with E-state index >= 15 is 0 Å². The lowest BCUT2D eigenvalue weighted by Gasteiger charge is -2.22. The van der Waals surface area contributed by atoms with E-state index in [1.54, 1.807) is 17.2 Å². The van der Waals surface area contributed by atoms with Crippen LogP contribution < -0.4 is 5.32 Å². The molecule has 110 valence electrons. The average molecular weight is 298 g/mol. The van der Waals surface area contributed by atoms with Crippen molar-refractivity contribution < 1.29 is 19.8 Å². The summed E-state index contributed by atoms with van der Waals surface area (Å²) in [5.41, 5.74) is -0.630. The highest BCUT2D eigenvalue weighted by molar-refractivity contribution is 7.14. The smallest absolute Gasteiger partial charge is 0.338 e.